The van der Waals surface area contributed by atoms with Gasteiger partial charge in [-0.05, 0) is 0 Å². The van der Waals surface area contributed by atoms with Gasteiger partial charge in [-0.2, -0.15) is 52.7 Å². The summed E-state index contributed by atoms with van der Waals surface area (Å²) < 4.78 is 164. The number of hydrogen-bond acceptors (Lipinski definition) is 1. The smallest absolute Gasteiger partial charge is 0.420 e. The lowest BCUT2D eigenvalue weighted by Gasteiger charge is -2.24. The van der Waals surface area contributed by atoms with Crippen molar-refractivity contribution in [1.82, 2.24) is 0 Å². The first-order valence-corrected chi connectivity index (χ1v) is 5.18. The zero-order chi connectivity index (χ0) is 19.5. The first-order valence-electron chi connectivity index (χ1n) is 5.18. The lowest BCUT2D eigenvalue weighted by Crippen LogP contribution is -2.27. The van der Waals surface area contributed by atoms with Crippen molar-refractivity contribution in [3.63, 3.8) is 0 Å². The van der Waals surface area contributed by atoms with Crippen LogP contribution in [0.2, 0.25) is 0 Å². The Balaban J connectivity index is 4.28. The molecule has 0 unspecified atom stereocenters. The lowest BCUT2D eigenvalue weighted by molar-refractivity contribution is -0.176. The van der Waals surface area contributed by atoms with E-state index in [2.05, 4.69) is 0 Å². The molecule has 24 heavy (non-hydrogen) atoms. The fourth-order valence-electron chi connectivity index (χ4n) is 1.79. The maximum absolute atomic E-state index is 13.5. The van der Waals surface area contributed by atoms with E-state index in [0.29, 0.717) is 0 Å². The topological polar surface area (TPSA) is 20.2 Å². The third-order valence-corrected chi connectivity index (χ3v) is 2.55. The average Bonchev–Trinajstić information content (AvgIpc) is 2.24. The summed E-state index contributed by atoms with van der Waals surface area (Å²) in [6.45, 7) is 0. The van der Waals surface area contributed by atoms with Crippen molar-refractivity contribution in [2.75, 3.05) is 0 Å². The second-order valence-electron chi connectivity index (χ2n) is 4.15. The summed E-state index contributed by atoms with van der Waals surface area (Å²) in [6, 6.07) is 0. The minimum Gasteiger partial charge on any atom is -0.507 e. The lowest BCUT2D eigenvalue weighted by atomic mass is 9.94. The molecule has 1 aromatic rings. The number of aromatic hydroxyl groups is 1. The van der Waals surface area contributed by atoms with Gasteiger partial charge < -0.3 is 5.11 Å². The molecule has 0 fully saturated rings. The molecule has 0 bridgehead atoms. The minimum absolute atomic E-state index is 3.42. The molecule has 1 aromatic carbocycles. The summed E-state index contributed by atoms with van der Waals surface area (Å²) in [5.74, 6) is -7.26. The minimum atomic E-state index is -6.48. The van der Waals surface area contributed by atoms with Gasteiger partial charge in [0.05, 0.1) is 0 Å². The Bertz CT molecular complexity index is 533. The molecular weight excluding hydrogens is 383 g/mol. The van der Waals surface area contributed by atoms with E-state index in [-0.39, 0.29) is 0 Å². The van der Waals surface area contributed by atoms with Gasteiger partial charge in [0.1, 0.15) is 33.8 Å². The Hall–Kier alpha value is -1.89. The van der Waals surface area contributed by atoms with Crippen molar-refractivity contribution in [2.24, 2.45) is 0 Å². The maximum Gasteiger partial charge on any atom is 0.420 e. The van der Waals surface area contributed by atoms with Crippen molar-refractivity contribution in [2.45, 2.75) is 24.7 Å². The number of phenols is 1. The molecule has 14 heteroatoms. The van der Waals surface area contributed by atoms with Gasteiger partial charge >= 0.3 is 24.7 Å². The maximum atomic E-state index is 13.5. The van der Waals surface area contributed by atoms with E-state index in [9.17, 15) is 57.1 Å². The number of halogens is 13. The molecule has 0 aliphatic rings. The molecule has 138 valence electrons. The first kappa shape index (κ1) is 20.2. The largest absolute Gasteiger partial charge is 0.507 e. The van der Waals surface area contributed by atoms with Crippen molar-refractivity contribution < 1.29 is 62.2 Å². The highest BCUT2D eigenvalue weighted by molar-refractivity contribution is 5.55. The van der Waals surface area contributed by atoms with E-state index in [0.717, 1.165) is 0 Å². The van der Waals surface area contributed by atoms with Crippen LogP contribution < -0.4 is 0 Å². The Morgan fingerprint density at radius 2 is 0.667 bits per heavy atom. The average molecular weight is 384 g/mol. The summed E-state index contributed by atoms with van der Waals surface area (Å²) in [6.07, 6.45) is -25.8. The molecule has 0 saturated heterocycles. The van der Waals surface area contributed by atoms with Crippen LogP contribution in [-0.4, -0.2) is 5.11 Å². The molecule has 0 saturated carbocycles. The molecule has 0 spiro atoms. The number of alkyl halides is 12. The van der Waals surface area contributed by atoms with Crippen LogP contribution >= 0.6 is 0 Å². The van der Waals surface area contributed by atoms with Crippen LogP contribution in [0.4, 0.5) is 57.1 Å². The fourth-order valence-corrected chi connectivity index (χ4v) is 1.79. The predicted octanol–water partition coefficient (Wildman–Crippen LogP) is 5.61. The zero-order valence-electron chi connectivity index (χ0n) is 10.4. The first-order chi connectivity index (χ1) is 10.3. The molecule has 1 rings (SSSR count). The SMILES string of the molecule is Oc1c(C(F)(F)F)c(C(F)(F)F)c(F)c(C(F)(F)F)c1C(F)(F)F. The standard InChI is InChI=1S/C10HF13O/c11-5-1(7(12,13)14)3(9(18,19)20)6(24)4(10(21,22)23)2(5)8(15,16)17/h24H. The second kappa shape index (κ2) is 5.31. The van der Waals surface area contributed by atoms with Crippen LogP contribution in [0.25, 0.3) is 0 Å². The highest BCUT2D eigenvalue weighted by atomic mass is 19.4. The Labute approximate surface area is 122 Å². The number of hydrogen-bond donors (Lipinski definition) is 1. The Kier molecular flexibility index (Phi) is 4.46. The zero-order valence-corrected chi connectivity index (χ0v) is 10.4. The van der Waals surface area contributed by atoms with Crippen molar-refractivity contribution in [3.05, 3.63) is 28.1 Å². The van der Waals surface area contributed by atoms with Crippen molar-refractivity contribution in [1.29, 1.82) is 0 Å². The molecule has 1 N–H and O–H groups in total. The molecule has 0 atom stereocenters. The van der Waals surface area contributed by atoms with E-state index in [4.69, 9.17) is 5.11 Å². The van der Waals surface area contributed by atoms with Crippen molar-refractivity contribution in [3.8, 4) is 5.75 Å². The predicted molar refractivity (Wildman–Crippen MR) is 48.1 cm³/mol. The van der Waals surface area contributed by atoms with Gasteiger partial charge in [-0.1, -0.05) is 0 Å². The van der Waals surface area contributed by atoms with Crippen LogP contribution in [0, 0.1) is 5.82 Å². The molecule has 1 nitrogen and oxygen atoms in total. The van der Waals surface area contributed by atoms with E-state index >= 15 is 0 Å². The summed E-state index contributed by atoms with van der Waals surface area (Å²) in [5.41, 5.74) is -14.6. The number of phenolic OH excluding ortho intramolecular Hbond substituents is 1. The highest BCUT2D eigenvalue weighted by Gasteiger charge is 2.57. The Morgan fingerprint density at radius 1 is 0.458 bits per heavy atom. The third kappa shape index (κ3) is 3.45. The van der Waals surface area contributed by atoms with E-state index in [1.165, 1.54) is 0 Å². The molecule has 0 aliphatic heterocycles. The van der Waals surface area contributed by atoms with Crippen LogP contribution in [0.1, 0.15) is 22.3 Å². The highest BCUT2D eigenvalue weighted by Crippen LogP contribution is 2.54. The van der Waals surface area contributed by atoms with E-state index in [1.54, 1.807) is 0 Å². The summed E-state index contributed by atoms with van der Waals surface area (Å²) in [4.78, 5) is 0. The molecule has 0 radical (unpaired) electrons. The normalized spacial score (nSPS) is 14.2. The molecule has 0 aromatic heterocycles. The van der Waals surface area contributed by atoms with Gasteiger partial charge in [0.15, 0.2) is 0 Å². The van der Waals surface area contributed by atoms with Gasteiger partial charge in [0, 0.05) is 0 Å². The summed E-state index contributed by atoms with van der Waals surface area (Å²) >= 11 is 0. The van der Waals surface area contributed by atoms with Crippen molar-refractivity contribution >= 4 is 0 Å². The van der Waals surface area contributed by atoms with Crippen LogP contribution in [0.3, 0.4) is 0 Å². The third-order valence-electron chi connectivity index (χ3n) is 2.55. The molecule has 0 amide bonds. The van der Waals surface area contributed by atoms with E-state index < -0.39 is 58.5 Å². The molecule has 0 aliphatic carbocycles. The number of benzene rings is 1. The fraction of sp³-hybridized carbons (Fsp3) is 0.400. The molecule has 0 heterocycles. The van der Waals surface area contributed by atoms with Gasteiger partial charge in [-0.3, -0.25) is 0 Å². The molecular formula is C10HF13O. The van der Waals surface area contributed by atoms with E-state index in [1.807, 2.05) is 0 Å². The van der Waals surface area contributed by atoms with Gasteiger partial charge in [-0.15, -0.1) is 0 Å². The number of rotatable bonds is 0. The Morgan fingerprint density at radius 3 is 0.833 bits per heavy atom. The quantitative estimate of drug-likeness (QED) is 0.577. The monoisotopic (exact) mass is 384 g/mol. The summed E-state index contributed by atoms with van der Waals surface area (Å²) in [5, 5.41) is 8.87. The summed E-state index contributed by atoms with van der Waals surface area (Å²) in [7, 11) is 0. The van der Waals surface area contributed by atoms with Crippen LogP contribution in [-0.2, 0) is 24.7 Å². The van der Waals surface area contributed by atoms with Crippen LogP contribution in [0.15, 0.2) is 0 Å². The van der Waals surface area contributed by atoms with Gasteiger partial charge in [-0.25, -0.2) is 4.39 Å². The van der Waals surface area contributed by atoms with Crippen LogP contribution in [0.5, 0.6) is 5.75 Å². The second-order valence-corrected chi connectivity index (χ2v) is 4.15. The van der Waals surface area contributed by atoms with Gasteiger partial charge in [0.25, 0.3) is 0 Å². The van der Waals surface area contributed by atoms with Gasteiger partial charge in [0.2, 0.25) is 0 Å².